The number of halogens is 3. The average Bonchev–Trinajstić information content (AvgIpc) is 2.00. The molecule has 1 unspecified atom stereocenters. The molecule has 4 nitrogen and oxygen atoms in total. The highest BCUT2D eigenvalue weighted by atomic mass is 32.2. The molecule has 0 bridgehead atoms. The third kappa shape index (κ3) is 5.95. The van der Waals surface area contributed by atoms with Crippen LogP contribution in [0.15, 0.2) is 0 Å². The Balaban J connectivity index is 3.92. The van der Waals surface area contributed by atoms with Gasteiger partial charge < -0.3 is 4.74 Å². The number of ether oxygens (including phenoxy) is 1. The molecule has 0 aromatic rings. The molecule has 0 rings (SSSR count). The highest BCUT2D eigenvalue weighted by Gasteiger charge is 2.36. The van der Waals surface area contributed by atoms with E-state index in [4.69, 9.17) is 0 Å². The summed E-state index contributed by atoms with van der Waals surface area (Å²) < 4.78 is 62.9. The maximum absolute atomic E-state index is 12.0. The lowest BCUT2D eigenvalue weighted by atomic mass is 10.4. The molecule has 0 aliphatic carbocycles. The first-order chi connectivity index (χ1) is 6.55. The third-order valence-electron chi connectivity index (χ3n) is 1.80. The smallest absolute Gasteiger partial charge is 0.368 e. The molecular weight excluding hydrogens is 235 g/mol. The van der Waals surface area contributed by atoms with Crippen LogP contribution >= 0.6 is 0 Å². The second-order valence-corrected chi connectivity index (χ2v) is 5.23. The molecule has 0 aromatic heterocycles. The number of nitrogens with zero attached hydrogens (tertiary/aromatic N) is 1. The second-order valence-electron chi connectivity index (χ2n) is 3.14. The molecular formula is C7H14F3NO3S. The summed E-state index contributed by atoms with van der Waals surface area (Å²) in [7, 11) is -2.09. The number of alkyl halides is 3. The third-order valence-corrected chi connectivity index (χ3v) is 3.12. The predicted molar refractivity (Wildman–Crippen MR) is 48.9 cm³/mol. The topological polar surface area (TPSA) is 46.6 Å². The van der Waals surface area contributed by atoms with Crippen LogP contribution in [0.3, 0.4) is 0 Å². The lowest BCUT2D eigenvalue weighted by molar-refractivity contribution is -0.214. The van der Waals surface area contributed by atoms with Crippen LogP contribution in [0.25, 0.3) is 0 Å². The summed E-state index contributed by atoms with van der Waals surface area (Å²) in [5, 5.41) is 0. The Kier molecular flexibility index (Phi) is 5.01. The number of hydrogen-bond acceptors (Lipinski definition) is 3. The minimum Gasteiger partial charge on any atom is -0.368 e. The van der Waals surface area contributed by atoms with Gasteiger partial charge in [0.2, 0.25) is 10.0 Å². The average molecular weight is 249 g/mol. The second kappa shape index (κ2) is 5.13. The van der Waals surface area contributed by atoms with Crippen LogP contribution in [0.1, 0.15) is 6.92 Å². The molecule has 0 amide bonds. The molecule has 92 valence electrons. The minimum absolute atomic E-state index is 0.0980. The molecule has 0 saturated heterocycles. The van der Waals surface area contributed by atoms with Gasteiger partial charge in [0.1, 0.15) is 0 Å². The molecule has 0 aliphatic heterocycles. The van der Waals surface area contributed by atoms with E-state index in [2.05, 4.69) is 4.74 Å². The quantitative estimate of drug-likeness (QED) is 0.725. The van der Waals surface area contributed by atoms with Gasteiger partial charge in [-0.1, -0.05) is 0 Å². The Morgan fingerprint density at radius 2 is 1.87 bits per heavy atom. The van der Waals surface area contributed by atoms with Gasteiger partial charge in [-0.05, 0) is 6.92 Å². The van der Waals surface area contributed by atoms with Crippen molar-refractivity contribution >= 4 is 10.0 Å². The molecule has 0 saturated carbocycles. The van der Waals surface area contributed by atoms with Crippen molar-refractivity contribution in [1.29, 1.82) is 0 Å². The van der Waals surface area contributed by atoms with Crippen molar-refractivity contribution in [3.05, 3.63) is 0 Å². The SMILES string of the molecule is CC(OCCN(C)S(C)(=O)=O)C(F)(F)F. The normalized spacial score (nSPS) is 15.7. The summed E-state index contributed by atoms with van der Waals surface area (Å²) in [5.41, 5.74) is 0. The van der Waals surface area contributed by atoms with Gasteiger partial charge in [0.05, 0.1) is 12.9 Å². The fraction of sp³-hybridized carbons (Fsp3) is 1.00. The summed E-state index contributed by atoms with van der Waals surface area (Å²) in [4.78, 5) is 0. The van der Waals surface area contributed by atoms with Crippen LogP contribution < -0.4 is 0 Å². The fourth-order valence-corrected chi connectivity index (χ4v) is 1.02. The highest BCUT2D eigenvalue weighted by Crippen LogP contribution is 2.22. The van der Waals surface area contributed by atoms with Crippen LogP contribution in [0.5, 0.6) is 0 Å². The van der Waals surface area contributed by atoms with Crippen molar-refractivity contribution < 1.29 is 26.3 Å². The van der Waals surface area contributed by atoms with E-state index in [1.54, 1.807) is 0 Å². The van der Waals surface area contributed by atoms with E-state index in [1.807, 2.05) is 0 Å². The van der Waals surface area contributed by atoms with Gasteiger partial charge in [-0.2, -0.15) is 13.2 Å². The van der Waals surface area contributed by atoms with Crippen molar-refractivity contribution in [2.24, 2.45) is 0 Å². The first-order valence-corrected chi connectivity index (χ1v) is 5.99. The van der Waals surface area contributed by atoms with E-state index in [-0.39, 0.29) is 13.2 Å². The zero-order valence-electron chi connectivity index (χ0n) is 8.71. The van der Waals surface area contributed by atoms with Crippen molar-refractivity contribution in [2.75, 3.05) is 26.5 Å². The Bertz CT molecular complexity index is 288. The summed E-state index contributed by atoms with van der Waals surface area (Å²) in [6.45, 7) is 0.490. The molecule has 1 atom stereocenters. The van der Waals surface area contributed by atoms with Crippen molar-refractivity contribution in [2.45, 2.75) is 19.2 Å². The first kappa shape index (κ1) is 14.7. The highest BCUT2D eigenvalue weighted by molar-refractivity contribution is 7.88. The molecule has 0 aromatic carbocycles. The van der Waals surface area contributed by atoms with Gasteiger partial charge in [0.15, 0.2) is 6.10 Å². The zero-order chi connectivity index (χ0) is 12.3. The monoisotopic (exact) mass is 249 g/mol. The zero-order valence-corrected chi connectivity index (χ0v) is 9.52. The molecule has 0 N–H and O–H groups in total. The summed E-state index contributed by atoms with van der Waals surface area (Å²) in [5.74, 6) is 0. The lowest BCUT2D eigenvalue weighted by Crippen LogP contribution is -2.34. The molecule has 8 heteroatoms. The van der Waals surface area contributed by atoms with E-state index in [9.17, 15) is 21.6 Å². The van der Waals surface area contributed by atoms with Crippen molar-refractivity contribution in [3.8, 4) is 0 Å². The molecule has 15 heavy (non-hydrogen) atoms. The van der Waals surface area contributed by atoms with Crippen LogP contribution in [0, 0.1) is 0 Å². The first-order valence-electron chi connectivity index (χ1n) is 4.14. The van der Waals surface area contributed by atoms with Crippen molar-refractivity contribution in [1.82, 2.24) is 4.31 Å². The van der Waals surface area contributed by atoms with E-state index in [0.717, 1.165) is 17.5 Å². The van der Waals surface area contributed by atoms with Gasteiger partial charge in [-0.25, -0.2) is 12.7 Å². The molecule has 0 fully saturated rings. The Morgan fingerprint density at radius 3 is 2.20 bits per heavy atom. The maximum Gasteiger partial charge on any atom is 0.414 e. The van der Waals surface area contributed by atoms with Gasteiger partial charge >= 0.3 is 6.18 Å². The largest absolute Gasteiger partial charge is 0.414 e. The van der Waals surface area contributed by atoms with Gasteiger partial charge in [0, 0.05) is 13.6 Å². The fourth-order valence-electron chi connectivity index (χ4n) is 0.618. The van der Waals surface area contributed by atoms with Gasteiger partial charge in [-0.3, -0.25) is 0 Å². The van der Waals surface area contributed by atoms with Gasteiger partial charge in [-0.15, -0.1) is 0 Å². The standard InChI is InChI=1S/C7H14F3NO3S/c1-6(7(8,9)10)14-5-4-11(2)15(3,12)13/h6H,4-5H2,1-3H3. The Morgan fingerprint density at radius 1 is 1.40 bits per heavy atom. The Hall–Kier alpha value is -0.340. The number of rotatable bonds is 5. The van der Waals surface area contributed by atoms with Crippen LogP contribution in [-0.4, -0.2) is 51.5 Å². The summed E-state index contributed by atoms with van der Waals surface area (Å²) in [6, 6.07) is 0. The summed E-state index contributed by atoms with van der Waals surface area (Å²) >= 11 is 0. The van der Waals surface area contributed by atoms with Gasteiger partial charge in [0.25, 0.3) is 0 Å². The molecule has 0 aliphatic rings. The van der Waals surface area contributed by atoms with E-state index < -0.39 is 22.3 Å². The van der Waals surface area contributed by atoms with E-state index in [0.29, 0.717) is 0 Å². The summed E-state index contributed by atoms with van der Waals surface area (Å²) in [6.07, 6.45) is -5.32. The van der Waals surface area contributed by atoms with E-state index >= 15 is 0 Å². The molecule has 0 radical (unpaired) electrons. The molecule has 0 heterocycles. The number of likely N-dealkylation sites (N-methyl/N-ethyl adjacent to an activating group) is 1. The number of sulfonamides is 1. The number of hydrogen-bond donors (Lipinski definition) is 0. The van der Waals surface area contributed by atoms with Crippen LogP contribution in [0.4, 0.5) is 13.2 Å². The minimum atomic E-state index is -4.41. The van der Waals surface area contributed by atoms with Crippen LogP contribution in [0.2, 0.25) is 0 Å². The predicted octanol–water partition coefficient (Wildman–Crippen LogP) is 0.845. The maximum atomic E-state index is 12.0. The Labute approximate surface area is 87.1 Å². The van der Waals surface area contributed by atoms with E-state index in [1.165, 1.54) is 7.05 Å². The van der Waals surface area contributed by atoms with Crippen molar-refractivity contribution in [3.63, 3.8) is 0 Å². The lowest BCUT2D eigenvalue weighted by Gasteiger charge is -2.18. The van der Waals surface area contributed by atoms with Crippen LogP contribution in [-0.2, 0) is 14.8 Å². The molecule has 0 spiro atoms.